The number of hydrogen-bond acceptors (Lipinski definition) is 6. The average Bonchev–Trinajstić information content (AvgIpc) is 2.60. The van der Waals surface area contributed by atoms with Crippen LogP contribution in [0, 0.1) is 0 Å². The molecule has 1 heterocycles. The van der Waals surface area contributed by atoms with Gasteiger partial charge < -0.3 is 24.5 Å². The smallest absolute Gasteiger partial charge is 0.358 e. The summed E-state index contributed by atoms with van der Waals surface area (Å²) in [4.78, 5) is 24.2. The van der Waals surface area contributed by atoms with Crippen LogP contribution in [0.2, 0.25) is 0 Å². The minimum Gasteiger partial charge on any atom is -0.493 e. The minimum absolute atomic E-state index is 0.0259. The molecule has 0 fully saturated rings. The Labute approximate surface area is 124 Å². The number of rotatable bonds is 4. The SMILES string of the molecule is CCOC(=O)c1c(OC)c(C(=O)OC(C)(C)C)c(N)n1C. The van der Waals surface area contributed by atoms with Crippen molar-refractivity contribution in [2.24, 2.45) is 7.05 Å². The molecule has 21 heavy (non-hydrogen) atoms. The van der Waals surface area contributed by atoms with Gasteiger partial charge in [-0.25, -0.2) is 9.59 Å². The van der Waals surface area contributed by atoms with Crippen molar-refractivity contribution in [3.63, 3.8) is 0 Å². The van der Waals surface area contributed by atoms with Gasteiger partial charge in [-0.3, -0.25) is 0 Å². The second-order valence-electron chi connectivity index (χ2n) is 5.42. The molecule has 0 aliphatic heterocycles. The summed E-state index contributed by atoms with van der Waals surface area (Å²) in [5.74, 6) is -1.12. The Balaban J connectivity index is 3.37. The van der Waals surface area contributed by atoms with Crippen LogP contribution < -0.4 is 10.5 Å². The summed E-state index contributed by atoms with van der Waals surface area (Å²) >= 11 is 0. The summed E-state index contributed by atoms with van der Waals surface area (Å²) in [5.41, 5.74) is 5.33. The summed E-state index contributed by atoms with van der Waals surface area (Å²) in [6.07, 6.45) is 0. The minimum atomic E-state index is -0.686. The molecule has 0 bridgehead atoms. The fourth-order valence-corrected chi connectivity index (χ4v) is 1.83. The molecule has 0 aromatic carbocycles. The van der Waals surface area contributed by atoms with Crippen LogP contribution in [0.1, 0.15) is 48.5 Å². The third-order valence-electron chi connectivity index (χ3n) is 2.67. The van der Waals surface area contributed by atoms with Crippen molar-refractivity contribution in [1.29, 1.82) is 0 Å². The maximum Gasteiger partial charge on any atom is 0.358 e. The molecule has 118 valence electrons. The lowest BCUT2D eigenvalue weighted by Gasteiger charge is -2.19. The van der Waals surface area contributed by atoms with Crippen molar-refractivity contribution >= 4 is 17.8 Å². The summed E-state index contributed by atoms with van der Waals surface area (Å²) in [6.45, 7) is 7.11. The van der Waals surface area contributed by atoms with Crippen molar-refractivity contribution in [2.75, 3.05) is 19.5 Å². The molecule has 0 saturated heterocycles. The summed E-state index contributed by atoms with van der Waals surface area (Å²) in [5, 5.41) is 0. The van der Waals surface area contributed by atoms with Gasteiger partial charge in [0.05, 0.1) is 13.7 Å². The van der Waals surface area contributed by atoms with E-state index in [2.05, 4.69) is 0 Å². The number of carbonyl (C=O) groups is 2. The van der Waals surface area contributed by atoms with Gasteiger partial charge in [0.1, 0.15) is 17.0 Å². The van der Waals surface area contributed by atoms with Crippen LogP contribution in [0.4, 0.5) is 5.82 Å². The maximum absolute atomic E-state index is 12.3. The molecule has 0 atom stereocenters. The number of hydrogen-bond donors (Lipinski definition) is 1. The molecular weight excluding hydrogens is 276 g/mol. The van der Waals surface area contributed by atoms with Crippen molar-refractivity contribution in [3.8, 4) is 5.75 Å². The Kier molecular flexibility index (Phi) is 4.88. The number of aromatic nitrogens is 1. The second-order valence-corrected chi connectivity index (χ2v) is 5.42. The van der Waals surface area contributed by atoms with Gasteiger partial charge in [-0.2, -0.15) is 0 Å². The number of anilines is 1. The normalized spacial score (nSPS) is 11.1. The first-order valence-electron chi connectivity index (χ1n) is 6.56. The molecule has 0 amide bonds. The van der Waals surface area contributed by atoms with Crippen LogP contribution in [0.25, 0.3) is 0 Å². The van der Waals surface area contributed by atoms with Gasteiger partial charge in [0.25, 0.3) is 0 Å². The first-order valence-corrected chi connectivity index (χ1v) is 6.56. The molecule has 0 spiro atoms. The van der Waals surface area contributed by atoms with Gasteiger partial charge in [0.2, 0.25) is 0 Å². The van der Waals surface area contributed by atoms with Gasteiger partial charge in [0.15, 0.2) is 11.4 Å². The quantitative estimate of drug-likeness (QED) is 0.851. The summed E-state index contributed by atoms with van der Waals surface area (Å²) in [6, 6.07) is 0. The van der Waals surface area contributed by atoms with Crippen LogP contribution in [0.3, 0.4) is 0 Å². The van der Waals surface area contributed by atoms with E-state index in [1.165, 1.54) is 11.7 Å². The van der Waals surface area contributed by atoms with E-state index in [9.17, 15) is 9.59 Å². The lowest BCUT2D eigenvalue weighted by Crippen LogP contribution is -2.24. The Hall–Kier alpha value is -2.18. The Morgan fingerprint density at radius 2 is 1.81 bits per heavy atom. The van der Waals surface area contributed by atoms with Gasteiger partial charge in [-0.05, 0) is 27.7 Å². The van der Waals surface area contributed by atoms with Crippen molar-refractivity contribution in [3.05, 3.63) is 11.3 Å². The van der Waals surface area contributed by atoms with E-state index >= 15 is 0 Å². The highest BCUT2D eigenvalue weighted by Gasteiger charge is 2.32. The lowest BCUT2D eigenvalue weighted by atomic mass is 10.2. The van der Waals surface area contributed by atoms with Crippen LogP contribution in [-0.4, -0.2) is 35.8 Å². The number of nitrogen functional groups attached to an aromatic ring is 1. The fraction of sp³-hybridized carbons (Fsp3) is 0.571. The average molecular weight is 298 g/mol. The molecule has 0 aliphatic carbocycles. The molecule has 0 radical (unpaired) electrons. The van der Waals surface area contributed by atoms with Gasteiger partial charge in [-0.1, -0.05) is 0 Å². The van der Waals surface area contributed by atoms with Crippen molar-refractivity contribution in [2.45, 2.75) is 33.3 Å². The van der Waals surface area contributed by atoms with E-state index in [-0.39, 0.29) is 29.4 Å². The zero-order valence-electron chi connectivity index (χ0n) is 13.3. The Morgan fingerprint density at radius 1 is 1.24 bits per heavy atom. The molecular formula is C14H22N2O5. The highest BCUT2D eigenvalue weighted by molar-refractivity contribution is 6.04. The van der Waals surface area contributed by atoms with E-state index in [0.717, 1.165) is 0 Å². The molecule has 1 aromatic rings. The van der Waals surface area contributed by atoms with Crippen molar-refractivity contribution in [1.82, 2.24) is 4.57 Å². The monoisotopic (exact) mass is 298 g/mol. The highest BCUT2D eigenvalue weighted by atomic mass is 16.6. The van der Waals surface area contributed by atoms with Crippen LogP contribution >= 0.6 is 0 Å². The molecule has 7 nitrogen and oxygen atoms in total. The van der Waals surface area contributed by atoms with E-state index in [1.54, 1.807) is 34.7 Å². The van der Waals surface area contributed by atoms with E-state index < -0.39 is 17.5 Å². The summed E-state index contributed by atoms with van der Waals surface area (Å²) < 4.78 is 16.8. The zero-order chi connectivity index (χ0) is 16.4. The molecule has 0 unspecified atom stereocenters. The van der Waals surface area contributed by atoms with Gasteiger partial charge in [0, 0.05) is 7.05 Å². The number of methoxy groups -OCH3 is 1. The first-order chi connectivity index (χ1) is 9.64. The van der Waals surface area contributed by atoms with Crippen LogP contribution in [-0.2, 0) is 16.5 Å². The third-order valence-corrected chi connectivity index (χ3v) is 2.67. The standard InChI is InChI=1S/C14H22N2O5/c1-7-20-13(18)9-10(19-6)8(11(15)16(9)5)12(17)21-14(2,3)4/h7,15H2,1-6H3. The maximum atomic E-state index is 12.3. The Bertz CT molecular complexity index is 555. The largest absolute Gasteiger partial charge is 0.493 e. The molecule has 1 rings (SSSR count). The summed E-state index contributed by atoms with van der Waals surface area (Å²) in [7, 11) is 2.91. The molecule has 0 saturated carbocycles. The zero-order valence-corrected chi connectivity index (χ0v) is 13.3. The predicted molar refractivity (Wildman–Crippen MR) is 77.5 cm³/mol. The van der Waals surface area contributed by atoms with Crippen LogP contribution in [0.5, 0.6) is 5.75 Å². The fourth-order valence-electron chi connectivity index (χ4n) is 1.83. The Morgan fingerprint density at radius 3 is 2.24 bits per heavy atom. The third kappa shape index (κ3) is 3.48. The molecule has 7 heteroatoms. The van der Waals surface area contributed by atoms with E-state index in [0.29, 0.717) is 0 Å². The lowest BCUT2D eigenvalue weighted by molar-refractivity contribution is 0.00681. The number of esters is 2. The van der Waals surface area contributed by atoms with E-state index in [1.807, 2.05) is 0 Å². The van der Waals surface area contributed by atoms with E-state index in [4.69, 9.17) is 19.9 Å². The highest BCUT2D eigenvalue weighted by Crippen LogP contribution is 2.33. The molecule has 1 aromatic heterocycles. The molecule has 0 aliphatic rings. The first kappa shape index (κ1) is 16.9. The topological polar surface area (TPSA) is 92.8 Å². The second kappa shape index (κ2) is 6.07. The van der Waals surface area contributed by atoms with Crippen LogP contribution in [0.15, 0.2) is 0 Å². The van der Waals surface area contributed by atoms with Gasteiger partial charge >= 0.3 is 11.9 Å². The van der Waals surface area contributed by atoms with Gasteiger partial charge in [-0.15, -0.1) is 0 Å². The molecule has 2 N–H and O–H groups in total. The number of nitrogens with two attached hydrogens (primary N) is 1. The number of ether oxygens (including phenoxy) is 3. The number of carbonyl (C=O) groups excluding carboxylic acids is 2. The van der Waals surface area contributed by atoms with Crippen molar-refractivity contribution < 1.29 is 23.8 Å². The predicted octanol–water partition coefficient (Wildman–Crippen LogP) is 1.75. The number of nitrogens with zero attached hydrogens (tertiary/aromatic N) is 1.